The van der Waals surface area contributed by atoms with Gasteiger partial charge in [-0.2, -0.15) is 0 Å². The van der Waals surface area contributed by atoms with Crippen LogP contribution in [0.2, 0.25) is 0 Å². The minimum Gasteiger partial charge on any atom is -0.389 e. The van der Waals surface area contributed by atoms with Crippen molar-refractivity contribution in [2.75, 3.05) is 11.9 Å². The van der Waals surface area contributed by atoms with E-state index in [1.807, 2.05) is 28.8 Å². The van der Waals surface area contributed by atoms with Gasteiger partial charge in [0.1, 0.15) is 0 Å². The molecule has 1 heterocycles. The van der Waals surface area contributed by atoms with E-state index < -0.39 is 6.10 Å². The number of aliphatic hydroxyl groups excluding tert-OH is 1. The van der Waals surface area contributed by atoms with E-state index >= 15 is 0 Å². The molecule has 0 amide bonds. The lowest BCUT2D eigenvalue weighted by atomic mass is 9.94. The number of Topliss-reactive ketones (excluding diaryl/α,β-unsaturated/α-hetero) is 1. The zero-order valence-corrected chi connectivity index (χ0v) is 16.0. The molecule has 0 radical (unpaired) electrons. The van der Waals surface area contributed by atoms with Gasteiger partial charge in [0.15, 0.2) is 5.78 Å². The molecule has 0 aliphatic heterocycles. The Kier molecular flexibility index (Phi) is 4.75. The molecule has 1 aliphatic carbocycles. The summed E-state index contributed by atoms with van der Waals surface area (Å²) in [4.78, 5) is 12.6. The van der Waals surface area contributed by atoms with Crippen LogP contribution in [0.25, 0.3) is 10.9 Å². The van der Waals surface area contributed by atoms with E-state index in [4.69, 9.17) is 0 Å². The van der Waals surface area contributed by atoms with Crippen LogP contribution in [0.1, 0.15) is 40.0 Å². The molecule has 3 aromatic rings. The van der Waals surface area contributed by atoms with Gasteiger partial charge in [-0.25, -0.2) is 0 Å². The summed E-state index contributed by atoms with van der Waals surface area (Å²) < 4.78 is 2.03. The maximum absolute atomic E-state index is 12.6. The zero-order chi connectivity index (χ0) is 19.0. The summed E-state index contributed by atoms with van der Waals surface area (Å²) in [7, 11) is 0. The van der Waals surface area contributed by atoms with Crippen molar-refractivity contribution in [2.24, 2.45) is 0 Å². The highest BCUT2D eigenvalue weighted by atomic mass is 16.3. The molecule has 4 rings (SSSR count). The average molecular weight is 362 g/mol. The quantitative estimate of drug-likeness (QED) is 0.713. The normalized spacial score (nSPS) is 15.0. The second kappa shape index (κ2) is 7.20. The van der Waals surface area contributed by atoms with Crippen molar-refractivity contribution in [3.63, 3.8) is 0 Å². The summed E-state index contributed by atoms with van der Waals surface area (Å²) >= 11 is 0. The monoisotopic (exact) mass is 362 g/mol. The summed E-state index contributed by atoms with van der Waals surface area (Å²) in [6, 6.07) is 14.4. The van der Waals surface area contributed by atoms with E-state index in [-0.39, 0.29) is 5.78 Å². The standard InChI is InChI=1S/C23H26N2O2/c1-15-6-9-17(10-7-15)24-13-18(26)14-25-21-11-8-16(2)12-20(21)19-4-3-5-22(27)23(19)25/h6-12,18,24,26H,3-5,13-14H2,1-2H3. The van der Waals surface area contributed by atoms with Crippen LogP contribution in [0.3, 0.4) is 0 Å². The van der Waals surface area contributed by atoms with Crippen molar-refractivity contribution in [3.8, 4) is 0 Å². The Bertz CT molecular complexity index is 986. The first kappa shape index (κ1) is 17.8. The average Bonchev–Trinajstić information content (AvgIpc) is 2.95. The van der Waals surface area contributed by atoms with Crippen LogP contribution >= 0.6 is 0 Å². The third-order valence-electron chi connectivity index (χ3n) is 5.41. The van der Waals surface area contributed by atoms with Crippen LogP contribution in [0.15, 0.2) is 42.5 Å². The summed E-state index contributed by atoms with van der Waals surface area (Å²) in [6.45, 7) is 4.99. The number of carbonyl (C=O) groups is 1. The van der Waals surface area contributed by atoms with E-state index in [9.17, 15) is 9.90 Å². The third kappa shape index (κ3) is 3.50. The maximum Gasteiger partial charge on any atom is 0.179 e. The highest BCUT2D eigenvalue weighted by molar-refractivity contribution is 6.04. The molecule has 140 valence electrons. The molecule has 27 heavy (non-hydrogen) atoms. The molecule has 4 nitrogen and oxygen atoms in total. The Morgan fingerprint density at radius 2 is 1.81 bits per heavy atom. The fourth-order valence-electron chi connectivity index (χ4n) is 4.03. The van der Waals surface area contributed by atoms with E-state index in [2.05, 4.69) is 37.4 Å². The SMILES string of the molecule is Cc1ccc(NCC(O)Cn2c3c(c4cc(C)ccc42)CCCC3=O)cc1. The molecule has 2 N–H and O–H groups in total. The molecular formula is C23H26N2O2. The van der Waals surface area contributed by atoms with Crippen LogP contribution < -0.4 is 5.32 Å². The van der Waals surface area contributed by atoms with Crippen molar-refractivity contribution in [3.05, 3.63) is 64.8 Å². The Labute approximate surface area is 159 Å². The van der Waals surface area contributed by atoms with Crippen LogP contribution in [-0.2, 0) is 13.0 Å². The molecule has 1 unspecified atom stereocenters. The number of benzene rings is 2. The number of fused-ring (bicyclic) bond motifs is 3. The largest absolute Gasteiger partial charge is 0.389 e. The lowest BCUT2D eigenvalue weighted by Gasteiger charge is -2.18. The Hall–Kier alpha value is -2.59. The molecule has 0 fully saturated rings. The van der Waals surface area contributed by atoms with E-state index in [0.717, 1.165) is 40.7 Å². The van der Waals surface area contributed by atoms with Gasteiger partial charge in [-0.1, -0.05) is 29.3 Å². The maximum atomic E-state index is 12.6. The summed E-state index contributed by atoms with van der Waals surface area (Å²) in [5.41, 5.74) is 6.41. The van der Waals surface area contributed by atoms with E-state index in [1.54, 1.807) is 0 Å². The number of ketones is 1. The molecule has 0 bridgehead atoms. The number of aromatic nitrogens is 1. The van der Waals surface area contributed by atoms with Crippen LogP contribution in [0, 0.1) is 13.8 Å². The molecule has 0 spiro atoms. The lowest BCUT2D eigenvalue weighted by molar-refractivity contribution is 0.0958. The lowest BCUT2D eigenvalue weighted by Crippen LogP contribution is -2.27. The minimum atomic E-state index is -0.581. The predicted octanol–water partition coefficient (Wildman–Crippen LogP) is 4.25. The number of hydrogen-bond acceptors (Lipinski definition) is 3. The number of nitrogens with one attached hydrogen (secondary N) is 1. The van der Waals surface area contributed by atoms with Crippen LogP contribution in [0.5, 0.6) is 0 Å². The Balaban J connectivity index is 1.60. The smallest absolute Gasteiger partial charge is 0.179 e. The van der Waals surface area contributed by atoms with E-state index in [1.165, 1.54) is 11.1 Å². The number of hydrogen-bond donors (Lipinski definition) is 2. The molecule has 0 saturated carbocycles. The van der Waals surface area contributed by atoms with Crippen molar-refractivity contribution in [1.29, 1.82) is 0 Å². The number of anilines is 1. The molecule has 1 aliphatic rings. The predicted molar refractivity (Wildman–Crippen MR) is 110 cm³/mol. The van der Waals surface area contributed by atoms with Crippen molar-refractivity contribution in [2.45, 2.75) is 45.8 Å². The topological polar surface area (TPSA) is 54.3 Å². The first-order valence-corrected chi connectivity index (χ1v) is 9.66. The van der Waals surface area contributed by atoms with Gasteiger partial charge < -0.3 is 15.0 Å². The first-order chi connectivity index (χ1) is 13.0. The van der Waals surface area contributed by atoms with Gasteiger partial charge in [0.2, 0.25) is 0 Å². The van der Waals surface area contributed by atoms with Gasteiger partial charge in [0, 0.05) is 29.6 Å². The van der Waals surface area contributed by atoms with Gasteiger partial charge in [-0.3, -0.25) is 4.79 Å². The van der Waals surface area contributed by atoms with Gasteiger partial charge >= 0.3 is 0 Å². The van der Waals surface area contributed by atoms with Crippen molar-refractivity contribution >= 4 is 22.4 Å². The highest BCUT2D eigenvalue weighted by Gasteiger charge is 2.26. The second-order valence-electron chi connectivity index (χ2n) is 7.64. The Morgan fingerprint density at radius 3 is 2.59 bits per heavy atom. The molecule has 4 heteroatoms. The number of aryl methyl sites for hydroxylation is 3. The highest BCUT2D eigenvalue weighted by Crippen LogP contribution is 2.33. The molecule has 2 aromatic carbocycles. The molecular weight excluding hydrogens is 336 g/mol. The van der Waals surface area contributed by atoms with Crippen LogP contribution in [0.4, 0.5) is 5.69 Å². The first-order valence-electron chi connectivity index (χ1n) is 9.66. The molecule has 1 aromatic heterocycles. The second-order valence-corrected chi connectivity index (χ2v) is 7.64. The summed E-state index contributed by atoms with van der Waals surface area (Å²) in [5.74, 6) is 0.198. The molecule has 0 saturated heterocycles. The zero-order valence-electron chi connectivity index (χ0n) is 16.0. The van der Waals surface area contributed by atoms with Crippen LogP contribution in [-0.4, -0.2) is 28.1 Å². The molecule has 1 atom stereocenters. The van der Waals surface area contributed by atoms with Gasteiger partial charge in [-0.15, -0.1) is 0 Å². The van der Waals surface area contributed by atoms with Crippen molar-refractivity contribution < 1.29 is 9.90 Å². The number of rotatable bonds is 5. The fraction of sp³-hybridized carbons (Fsp3) is 0.348. The number of nitrogens with zero attached hydrogens (tertiary/aromatic N) is 1. The van der Waals surface area contributed by atoms with E-state index in [0.29, 0.717) is 19.5 Å². The minimum absolute atomic E-state index is 0.198. The third-order valence-corrected chi connectivity index (χ3v) is 5.41. The summed E-state index contributed by atoms with van der Waals surface area (Å²) in [5, 5.41) is 15.1. The van der Waals surface area contributed by atoms with Gasteiger partial charge in [0.05, 0.1) is 18.3 Å². The fourth-order valence-corrected chi connectivity index (χ4v) is 4.03. The van der Waals surface area contributed by atoms with Crippen molar-refractivity contribution in [1.82, 2.24) is 4.57 Å². The summed E-state index contributed by atoms with van der Waals surface area (Å²) in [6.07, 6.45) is 1.87. The number of aliphatic hydroxyl groups is 1. The van der Waals surface area contributed by atoms with Gasteiger partial charge in [0.25, 0.3) is 0 Å². The Morgan fingerprint density at radius 1 is 1.07 bits per heavy atom. The number of carbonyl (C=O) groups excluding carboxylic acids is 1. The van der Waals surface area contributed by atoms with Gasteiger partial charge in [-0.05, 0) is 56.5 Å².